The molecule has 0 atom stereocenters. The molecular weight excluding hydrogens is 337 g/mol. The normalized spacial score (nSPS) is 11.3. The minimum absolute atomic E-state index is 0.0781. The third-order valence-electron chi connectivity index (χ3n) is 2.85. The molecule has 0 aliphatic carbocycles. The first-order valence-electron chi connectivity index (χ1n) is 6.84. The molecule has 1 heterocycles. The number of rotatable bonds is 6. The highest BCUT2D eigenvalue weighted by Crippen LogP contribution is 2.24. The molecule has 2 aromatic rings. The summed E-state index contributed by atoms with van der Waals surface area (Å²) in [6.07, 6.45) is 5.09. The van der Waals surface area contributed by atoms with Crippen LogP contribution in [-0.4, -0.2) is 28.3 Å². The number of nitrogens with zero attached hydrogens (tertiary/aromatic N) is 3. The van der Waals surface area contributed by atoms with Crippen molar-refractivity contribution in [3.63, 3.8) is 0 Å². The summed E-state index contributed by atoms with van der Waals surface area (Å²) < 4.78 is 0. The quantitative estimate of drug-likeness (QED) is 0.616. The molecule has 0 saturated heterocycles. The highest BCUT2D eigenvalue weighted by molar-refractivity contribution is 6.42. The van der Waals surface area contributed by atoms with E-state index in [2.05, 4.69) is 20.3 Å². The molecule has 1 aromatic carbocycles. The maximum atomic E-state index is 11.8. The lowest BCUT2D eigenvalue weighted by Crippen LogP contribution is -2.19. The Balaban J connectivity index is 1.80. The number of halogens is 2. The molecular formula is C15H15Cl2N5O. The SMILES string of the molecule is NC(CCNc1ccc(Cl)c(Cl)c1)=NC(=O)Cc1cnccn1. The average Bonchev–Trinajstić information content (AvgIpc) is 2.51. The van der Waals surface area contributed by atoms with E-state index in [4.69, 9.17) is 28.9 Å². The van der Waals surface area contributed by atoms with Crippen LogP contribution in [0.25, 0.3) is 0 Å². The van der Waals surface area contributed by atoms with E-state index in [1.165, 1.54) is 12.4 Å². The van der Waals surface area contributed by atoms with Gasteiger partial charge in [-0.3, -0.25) is 14.8 Å². The van der Waals surface area contributed by atoms with Crippen molar-refractivity contribution in [1.29, 1.82) is 0 Å². The summed E-state index contributed by atoms with van der Waals surface area (Å²) in [5.74, 6) is -0.0935. The minimum atomic E-state index is -0.350. The van der Waals surface area contributed by atoms with Crippen LogP contribution in [0.4, 0.5) is 5.69 Å². The minimum Gasteiger partial charge on any atom is -0.387 e. The third-order valence-corrected chi connectivity index (χ3v) is 3.59. The van der Waals surface area contributed by atoms with Crippen molar-refractivity contribution in [2.24, 2.45) is 10.7 Å². The topological polar surface area (TPSA) is 93.3 Å². The lowest BCUT2D eigenvalue weighted by molar-refractivity contribution is -0.117. The number of nitrogens with two attached hydrogens (primary N) is 1. The number of carbonyl (C=O) groups is 1. The van der Waals surface area contributed by atoms with E-state index < -0.39 is 0 Å². The van der Waals surface area contributed by atoms with Gasteiger partial charge in [0, 0.05) is 37.2 Å². The second kappa shape index (κ2) is 8.45. The molecule has 0 spiro atoms. The number of hydrogen-bond donors (Lipinski definition) is 2. The molecule has 0 aliphatic heterocycles. The number of aliphatic imine (C=N–C) groups is 1. The van der Waals surface area contributed by atoms with E-state index in [9.17, 15) is 4.79 Å². The average molecular weight is 352 g/mol. The highest BCUT2D eigenvalue weighted by Gasteiger charge is 2.05. The maximum absolute atomic E-state index is 11.8. The highest BCUT2D eigenvalue weighted by atomic mass is 35.5. The van der Waals surface area contributed by atoms with Crippen LogP contribution in [0.3, 0.4) is 0 Å². The Morgan fingerprint density at radius 1 is 1.26 bits per heavy atom. The number of anilines is 1. The van der Waals surface area contributed by atoms with E-state index in [0.717, 1.165) is 5.69 Å². The molecule has 8 heteroatoms. The fraction of sp³-hybridized carbons (Fsp3) is 0.200. The van der Waals surface area contributed by atoms with Crippen LogP contribution >= 0.6 is 23.2 Å². The molecule has 3 N–H and O–H groups in total. The molecule has 120 valence electrons. The molecule has 0 aliphatic rings. The van der Waals surface area contributed by atoms with Gasteiger partial charge >= 0.3 is 0 Å². The fourth-order valence-corrected chi connectivity index (χ4v) is 2.07. The van der Waals surface area contributed by atoms with Gasteiger partial charge in [-0.1, -0.05) is 23.2 Å². The largest absolute Gasteiger partial charge is 0.387 e. The van der Waals surface area contributed by atoms with Crippen LogP contribution in [0, 0.1) is 0 Å². The predicted octanol–water partition coefficient (Wildman–Crippen LogP) is 2.71. The molecule has 6 nitrogen and oxygen atoms in total. The van der Waals surface area contributed by atoms with Gasteiger partial charge in [0.15, 0.2) is 0 Å². The molecule has 0 bridgehead atoms. The number of amides is 1. The summed E-state index contributed by atoms with van der Waals surface area (Å²) in [4.78, 5) is 23.5. The molecule has 2 rings (SSSR count). The second-order valence-electron chi connectivity index (χ2n) is 4.68. The Labute approximate surface area is 143 Å². The second-order valence-corrected chi connectivity index (χ2v) is 5.49. The van der Waals surface area contributed by atoms with Crippen LogP contribution in [0.2, 0.25) is 10.0 Å². The Kier molecular flexibility index (Phi) is 6.31. The van der Waals surface area contributed by atoms with Gasteiger partial charge in [0.25, 0.3) is 5.91 Å². The summed E-state index contributed by atoms with van der Waals surface area (Å²) in [5, 5.41) is 4.09. The molecule has 0 saturated carbocycles. The number of hydrogen-bond acceptors (Lipinski definition) is 4. The number of amidine groups is 1. The van der Waals surface area contributed by atoms with Crippen LogP contribution in [0.15, 0.2) is 41.8 Å². The van der Waals surface area contributed by atoms with Crippen molar-refractivity contribution < 1.29 is 4.79 Å². The molecule has 0 fully saturated rings. The van der Waals surface area contributed by atoms with Gasteiger partial charge in [-0.05, 0) is 18.2 Å². The van der Waals surface area contributed by atoms with Crippen molar-refractivity contribution in [1.82, 2.24) is 9.97 Å². The van der Waals surface area contributed by atoms with Crippen LogP contribution < -0.4 is 11.1 Å². The monoisotopic (exact) mass is 351 g/mol. The fourth-order valence-electron chi connectivity index (χ4n) is 1.77. The van der Waals surface area contributed by atoms with Crippen LogP contribution in [-0.2, 0) is 11.2 Å². The molecule has 1 aromatic heterocycles. The smallest absolute Gasteiger partial charge is 0.253 e. The molecule has 23 heavy (non-hydrogen) atoms. The van der Waals surface area contributed by atoms with E-state index in [1.807, 2.05) is 0 Å². The zero-order chi connectivity index (χ0) is 16.7. The molecule has 0 radical (unpaired) electrons. The number of nitrogens with one attached hydrogen (secondary N) is 1. The van der Waals surface area contributed by atoms with E-state index in [0.29, 0.717) is 28.7 Å². The predicted molar refractivity (Wildman–Crippen MR) is 91.9 cm³/mol. The molecule has 1 amide bonds. The maximum Gasteiger partial charge on any atom is 0.253 e. The van der Waals surface area contributed by atoms with Gasteiger partial charge in [0.1, 0.15) is 5.84 Å². The summed E-state index contributed by atoms with van der Waals surface area (Å²) in [6.45, 7) is 0.520. The van der Waals surface area contributed by atoms with Crippen LogP contribution in [0.1, 0.15) is 12.1 Å². The van der Waals surface area contributed by atoms with E-state index in [1.54, 1.807) is 24.4 Å². The lowest BCUT2D eigenvalue weighted by atomic mass is 10.3. The summed E-state index contributed by atoms with van der Waals surface area (Å²) >= 11 is 11.8. The van der Waals surface area contributed by atoms with Crippen molar-refractivity contribution in [3.8, 4) is 0 Å². The van der Waals surface area contributed by atoms with Crippen molar-refractivity contribution >= 4 is 40.6 Å². The number of carbonyl (C=O) groups excluding carboxylic acids is 1. The van der Waals surface area contributed by atoms with Gasteiger partial charge in [-0.25, -0.2) is 4.99 Å². The first-order chi connectivity index (χ1) is 11.0. The number of aromatic nitrogens is 2. The van der Waals surface area contributed by atoms with Gasteiger partial charge in [0.05, 0.1) is 22.2 Å². The number of benzene rings is 1. The summed E-state index contributed by atoms with van der Waals surface area (Å²) in [5.41, 5.74) is 7.13. The van der Waals surface area contributed by atoms with Crippen molar-refractivity contribution in [2.75, 3.05) is 11.9 Å². The Hall–Kier alpha value is -2.18. The van der Waals surface area contributed by atoms with Crippen molar-refractivity contribution in [3.05, 3.63) is 52.5 Å². The molecule has 0 unspecified atom stereocenters. The van der Waals surface area contributed by atoms with Gasteiger partial charge in [-0.2, -0.15) is 0 Å². The van der Waals surface area contributed by atoms with Gasteiger partial charge in [-0.15, -0.1) is 0 Å². The lowest BCUT2D eigenvalue weighted by Gasteiger charge is -2.07. The van der Waals surface area contributed by atoms with Gasteiger partial charge in [0.2, 0.25) is 0 Å². The Bertz CT molecular complexity index is 706. The zero-order valence-corrected chi connectivity index (χ0v) is 13.7. The van der Waals surface area contributed by atoms with Crippen molar-refractivity contribution in [2.45, 2.75) is 12.8 Å². The standard InChI is InChI=1S/C15H15Cl2N5O/c16-12-2-1-10(7-13(12)17)20-4-3-14(18)22-15(23)8-11-9-19-5-6-21-11/h1-2,5-7,9,20H,3-4,8H2,(H2,18,22,23). The summed E-state index contributed by atoms with van der Waals surface area (Å²) in [7, 11) is 0. The van der Waals surface area contributed by atoms with E-state index >= 15 is 0 Å². The summed E-state index contributed by atoms with van der Waals surface area (Å²) in [6, 6.07) is 5.23. The van der Waals surface area contributed by atoms with Crippen LogP contribution in [0.5, 0.6) is 0 Å². The zero-order valence-electron chi connectivity index (χ0n) is 12.2. The Morgan fingerprint density at radius 2 is 2.09 bits per heavy atom. The Morgan fingerprint density at radius 3 is 2.78 bits per heavy atom. The first kappa shape index (κ1) is 17.2. The third kappa shape index (κ3) is 5.84. The first-order valence-corrected chi connectivity index (χ1v) is 7.60. The van der Waals surface area contributed by atoms with E-state index in [-0.39, 0.29) is 18.2 Å². The van der Waals surface area contributed by atoms with Gasteiger partial charge < -0.3 is 11.1 Å².